The second kappa shape index (κ2) is 6.90. The zero-order valence-corrected chi connectivity index (χ0v) is 13.7. The first-order valence-corrected chi connectivity index (χ1v) is 9.79. The van der Waals surface area contributed by atoms with E-state index in [1.807, 2.05) is 6.07 Å². The monoisotopic (exact) mass is 345 g/mol. The highest BCUT2D eigenvalue weighted by atomic mass is 35.5. The summed E-state index contributed by atoms with van der Waals surface area (Å²) in [4.78, 5) is -0.0341. The molecule has 0 aromatic heterocycles. The molecule has 0 saturated carbocycles. The Bertz CT molecular complexity index is 650. The van der Waals surface area contributed by atoms with E-state index < -0.39 is 9.84 Å². The van der Waals surface area contributed by atoms with E-state index in [9.17, 15) is 13.7 Å². The molecular weight excluding hydrogens is 334 g/mol. The Balaban J connectivity index is 2.47. The van der Waals surface area contributed by atoms with Crippen molar-refractivity contribution in [1.29, 1.82) is 5.26 Å². The fourth-order valence-electron chi connectivity index (χ4n) is 1.65. The van der Waals surface area contributed by atoms with E-state index in [0.717, 1.165) is 24.3 Å². The molecule has 0 atom stereocenters. The van der Waals surface area contributed by atoms with Gasteiger partial charge in [-0.15, -0.1) is 23.5 Å². The van der Waals surface area contributed by atoms with Crippen LogP contribution in [0.15, 0.2) is 38.3 Å². The van der Waals surface area contributed by atoms with Gasteiger partial charge in [-0.1, -0.05) is 11.6 Å². The van der Waals surface area contributed by atoms with E-state index in [1.165, 1.54) is 47.8 Å². The summed E-state index contributed by atoms with van der Waals surface area (Å²) in [5, 5.41) is 9.75. The number of rotatable bonds is 2. The standard InChI is InChI=1S/C13H12ClNO2S3/c14-10-3-5-11(6-4-10)20(16,17)12(9-15)13-18-7-1-2-8-19-13/h3-6H,1-2,7-8H2. The van der Waals surface area contributed by atoms with Crippen LogP contribution < -0.4 is 0 Å². The van der Waals surface area contributed by atoms with Gasteiger partial charge in [-0.25, -0.2) is 8.42 Å². The zero-order chi connectivity index (χ0) is 14.6. The van der Waals surface area contributed by atoms with Crippen LogP contribution in [0.4, 0.5) is 0 Å². The number of hydrogen-bond acceptors (Lipinski definition) is 5. The molecule has 20 heavy (non-hydrogen) atoms. The molecule has 0 bridgehead atoms. The highest BCUT2D eigenvalue weighted by Crippen LogP contribution is 2.39. The fraction of sp³-hybridized carbons (Fsp3) is 0.308. The normalized spacial score (nSPS) is 16.3. The summed E-state index contributed by atoms with van der Waals surface area (Å²) < 4.78 is 25.7. The van der Waals surface area contributed by atoms with Gasteiger partial charge in [0.1, 0.15) is 6.07 Å². The Morgan fingerprint density at radius 3 is 2.20 bits per heavy atom. The highest BCUT2D eigenvalue weighted by Gasteiger charge is 2.26. The number of nitriles is 1. The number of benzene rings is 1. The lowest BCUT2D eigenvalue weighted by Gasteiger charge is -2.08. The lowest BCUT2D eigenvalue weighted by Crippen LogP contribution is -2.05. The predicted octanol–water partition coefficient (Wildman–Crippen LogP) is 4.07. The average molecular weight is 346 g/mol. The smallest absolute Gasteiger partial charge is 0.218 e. The summed E-state index contributed by atoms with van der Waals surface area (Å²) in [6.07, 6.45) is 2.09. The summed E-state index contributed by atoms with van der Waals surface area (Å²) in [7, 11) is -3.77. The molecule has 1 fully saturated rings. The van der Waals surface area contributed by atoms with Crippen LogP contribution >= 0.6 is 35.1 Å². The van der Waals surface area contributed by atoms with E-state index in [0.29, 0.717) is 9.26 Å². The van der Waals surface area contributed by atoms with Crippen molar-refractivity contribution in [3.05, 3.63) is 38.4 Å². The minimum Gasteiger partial charge on any atom is -0.218 e. The van der Waals surface area contributed by atoms with E-state index in [2.05, 4.69) is 0 Å². The minimum absolute atomic E-state index is 0.108. The maximum absolute atomic E-state index is 12.5. The van der Waals surface area contributed by atoms with Crippen molar-refractivity contribution >= 4 is 45.0 Å². The molecule has 7 heteroatoms. The van der Waals surface area contributed by atoms with Gasteiger partial charge in [0.25, 0.3) is 0 Å². The Labute approximate surface area is 132 Å². The molecule has 3 nitrogen and oxygen atoms in total. The third-order valence-electron chi connectivity index (χ3n) is 2.68. The summed E-state index contributed by atoms with van der Waals surface area (Å²) in [5.41, 5.74) is 0. The van der Waals surface area contributed by atoms with Crippen molar-refractivity contribution in [2.45, 2.75) is 17.7 Å². The van der Waals surface area contributed by atoms with Gasteiger partial charge in [0.2, 0.25) is 9.84 Å². The third-order valence-corrected chi connectivity index (χ3v) is 7.55. The largest absolute Gasteiger partial charge is 0.218 e. The molecule has 0 amide bonds. The molecule has 0 spiro atoms. The molecule has 0 unspecified atom stereocenters. The Hall–Kier alpha value is -0.610. The van der Waals surface area contributed by atoms with Crippen LogP contribution in [0.5, 0.6) is 0 Å². The molecule has 1 aliphatic rings. The third kappa shape index (κ3) is 3.53. The molecule has 0 aliphatic carbocycles. The van der Waals surface area contributed by atoms with Crippen LogP contribution in [-0.2, 0) is 9.84 Å². The summed E-state index contributed by atoms with van der Waals surface area (Å²) >= 11 is 8.68. The molecule has 1 heterocycles. The van der Waals surface area contributed by atoms with Gasteiger partial charge in [-0.3, -0.25) is 0 Å². The average Bonchev–Trinajstić information content (AvgIpc) is 2.69. The first kappa shape index (κ1) is 15.8. The lowest BCUT2D eigenvalue weighted by molar-refractivity contribution is 0.603. The first-order chi connectivity index (χ1) is 9.55. The number of thioether (sulfide) groups is 2. The fourth-order valence-corrected chi connectivity index (χ4v) is 6.12. The SMILES string of the molecule is N#CC(=C1SCCCCS1)S(=O)(=O)c1ccc(Cl)cc1. The van der Waals surface area contributed by atoms with Crippen LogP contribution in [0.3, 0.4) is 0 Å². The lowest BCUT2D eigenvalue weighted by atomic mass is 10.4. The topological polar surface area (TPSA) is 57.9 Å². The Morgan fingerprint density at radius 1 is 1.15 bits per heavy atom. The number of halogens is 1. The van der Waals surface area contributed by atoms with Gasteiger partial charge < -0.3 is 0 Å². The highest BCUT2D eigenvalue weighted by molar-refractivity contribution is 8.23. The van der Waals surface area contributed by atoms with E-state index in [-0.39, 0.29) is 9.80 Å². The van der Waals surface area contributed by atoms with Crippen LogP contribution in [0.2, 0.25) is 5.02 Å². The van der Waals surface area contributed by atoms with Gasteiger partial charge in [0, 0.05) is 5.02 Å². The van der Waals surface area contributed by atoms with Crippen molar-refractivity contribution in [3.8, 4) is 6.07 Å². The second-order valence-electron chi connectivity index (χ2n) is 4.09. The van der Waals surface area contributed by atoms with Crippen molar-refractivity contribution in [3.63, 3.8) is 0 Å². The van der Waals surface area contributed by atoms with E-state index in [4.69, 9.17) is 11.6 Å². The van der Waals surface area contributed by atoms with E-state index >= 15 is 0 Å². The second-order valence-corrected chi connectivity index (χ2v) is 8.88. The van der Waals surface area contributed by atoms with Gasteiger partial charge in [0.05, 0.1) is 9.13 Å². The molecule has 2 rings (SSSR count). The van der Waals surface area contributed by atoms with Crippen LogP contribution in [0, 0.1) is 11.3 Å². The number of allylic oxidation sites excluding steroid dienone is 1. The molecule has 1 aromatic rings. The minimum atomic E-state index is -3.77. The predicted molar refractivity (Wildman–Crippen MR) is 85.4 cm³/mol. The van der Waals surface area contributed by atoms with Crippen LogP contribution in [0.25, 0.3) is 0 Å². The number of nitrogens with zero attached hydrogens (tertiary/aromatic N) is 1. The van der Waals surface area contributed by atoms with Gasteiger partial charge in [-0.05, 0) is 48.6 Å². The summed E-state index contributed by atoms with van der Waals surface area (Å²) in [6, 6.07) is 7.76. The summed E-state index contributed by atoms with van der Waals surface area (Å²) in [6.45, 7) is 0. The van der Waals surface area contributed by atoms with Crippen molar-refractivity contribution < 1.29 is 8.42 Å². The van der Waals surface area contributed by atoms with Crippen molar-refractivity contribution in [2.24, 2.45) is 0 Å². The molecule has 1 aliphatic heterocycles. The van der Waals surface area contributed by atoms with Gasteiger partial charge in [0.15, 0.2) is 4.91 Å². The maximum Gasteiger partial charge on any atom is 0.218 e. The maximum atomic E-state index is 12.5. The quantitative estimate of drug-likeness (QED) is 0.756. The Morgan fingerprint density at radius 2 is 1.70 bits per heavy atom. The van der Waals surface area contributed by atoms with Crippen LogP contribution in [-0.4, -0.2) is 19.9 Å². The summed E-state index contributed by atoms with van der Waals surface area (Å²) in [5.74, 6) is 1.70. The molecule has 0 N–H and O–H groups in total. The zero-order valence-electron chi connectivity index (χ0n) is 10.5. The Kier molecular flexibility index (Phi) is 5.44. The molecule has 106 valence electrons. The first-order valence-electron chi connectivity index (χ1n) is 5.96. The van der Waals surface area contributed by atoms with Crippen LogP contribution in [0.1, 0.15) is 12.8 Å². The van der Waals surface area contributed by atoms with Crippen molar-refractivity contribution in [1.82, 2.24) is 0 Å². The molecule has 1 saturated heterocycles. The van der Waals surface area contributed by atoms with Gasteiger partial charge >= 0.3 is 0 Å². The molecule has 0 radical (unpaired) electrons. The molecular formula is C13H12ClNO2S3. The van der Waals surface area contributed by atoms with E-state index in [1.54, 1.807) is 0 Å². The van der Waals surface area contributed by atoms with Gasteiger partial charge in [-0.2, -0.15) is 5.26 Å². The van der Waals surface area contributed by atoms with Crippen molar-refractivity contribution in [2.75, 3.05) is 11.5 Å². The number of sulfone groups is 1. The molecule has 1 aromatic carbocycles. The number of hydrogen-bond donors (Lipinski definition) is 0.